The molecule has 20 heavy (non-hydrogen) atoms. The molecule has 106 valence electrons. The Morgan fingerprint density at radius 1 is 1.30 bits per heavy atom. The number of nitrogens with zero attached hydrogens (tertiary/aromatic N) is 4. The lowest BCUT2D eigenvalue weighted by atomic mass is 10.0. The van der Waals surface area contributed by atoms with Crippen LogP contribution in [-0.4, -0.2) is 39.8 Å². The first-order valence-electron chi connectivity index (χ1n) is 7.65. The van der Waals surface area contributed by atoms with E-state index in [1.807, 2.05) is 16.8 Å². The van der Waals surface area contributed by atoms with E-state index in [-0.39, 0.29) is 0 Å². The van der Waals surface area contributed by atoms with Crippen molar-refractivity contribution in [1.82, 2.24) is 19.9 Å². The van der Waals surface area contributed by atoms with Gasteiger partial charge in [0.1, 0.15) is 0 Å². The number of fused-ring (bicyclic) bond motifs is 1. The summed E-state index contributed by atoms with van der Waals surface area (Å²) in [4.78, 5) is 7.18. The minimum absolute atomic E-state index is 0.565. The molecule has 2 atom stereocenters. The Bertz CT molecular complexity index is 614. The number of anilines is 1. The predicted octanol–water partition coefficient (Wildman–Crippen LogP) is 1.76. The van der Waals surface area contributed by atoms with Crippen molar-refractivity contribution < 1.29 is 0 Å². The average Bonchev–Trinajstić information content (AvgIpc) is 3.18. The van der Waals surface area contributed by atoms with Gasteiger partial charge in [0.05, 0.1) is 0 Å². The van der Waals surface area contributed by atoms with E-state index in [0.29, 0.717) is 12.1 Å². The maximum atomic E-state index is 4.77. The number of nitrogens with one attached hydrogen (secondary N) is 1. The lowest BCUT2D eigenvalue weighted by Gasteiger charge is -2.28. The molecule has 2 aliphatic rings. The molecular weight excluding hydrogens is 250 g/mol. The van der Waals surface area contributed by atoms with Crippen molar-refractivity contribution in [3.63, 3.8) is 0 Å². The molecule has 0 aliphatic carbocycles. The van der Waals surface area contributed by atoms with Crippen LogP contribution in [-0.2, 0) is 0 Å². The van der Waals surface area contributed by atoms with Gasteiger partial charge in [-0.05, 0) is 50.8 Å². The van der Waals surface area contributed by atoms with Crippen LogP contribution in [0.15, 0.2) is 18.3 Å². The summed E-state index contributed by atoms with van der Waals surface area (Å²) in [5, 5.41) is 8.32. The zero-order valence-electron chi connectivity index (χ0n) is 11.9. The summed E-state index contributed by atoms with van der Waals surface area (Å²) in [5.74, 6) is 0.899. The molecule has 4 heterocycles. The van der Waals surface area contributed by atoms with E-state index in [9.17, 15) is 0 Å². The van der Waals surface area contributed by atoms with Crippen molar-refractivity contribution in [3.05, 3.63) is 23.9 Å². The van der Waals surface area contributed by atoms with E-state index in [0.717, 1.165) is 24.7 Å². The van der Waals surface area contributed by atoms with E-state index in [1.165, 1.54) is 31.2 Å². The number of aromatic nitrogens is 3. The Morgan fingerprint density at radius 3 is 3.05 bits per heavy atom. The van der Waals surface area contributed by atoms with Crippen LogP contribution >= 0.6 is 0 Å². The third kappa shape index (κ3) is 1.88. The molecule has 5 nitrogen and oxygen atoms in total. The molecule has 0 saturated carbocycles. The van der Waals surface area contributed by atoms with Gasteiger partial charge in [0.2, 0.25) is 5.95 Å². The molecule has 0 spiro atoms. The number of aryl methyl sites for hydroxylation is 1. The van der Waals surface area contributed by atoms with Gasteiger partial charge in [-0.2, -0.15) is 4.98 Å². The molecule has 0 radical (unpaired) electrons. The first-order valence-corrected chi connectivity index (χ1v) is 7.65. The summed E-state index contributed by atoms with van der Waals surface area (Å²) in [5.41, 5.74) is 2.16. The van der Waals surface area contributed by atoms with Crippen LogP contribution in [0, 0.1) is 6.92 Å². The summed E-state index contributed by atoms with van der Waals surface area (Å²) >= 11 is 0. The standard InChI is InChI=1S/C15H21N5/c1-11-5-3-10-20-14(11)17-15(18-20)19-9-4-7-13(19)12-6-2-8-16-12/h3,5,10,12-13,16H,2,4,6-9H2,1H3. The van der Waals surface area contributed by atoms with Crippen LogP contribution in [0.1, 0.15) is 31.2 Å². The second-order valence-corrected chi connectivity index (χ2v) is 5.98. The maximum absolute atomic E-state index is 4.77. The molecule has 0 aromatic carbocycles. The normalized spacial score (nSPS) is 26.8. The number of rotatable bonds is 2. The number of hydrogen-bond acceptors (Lipinski definition) is 4. The molecule has 5 heteroatoms. The van der Waals surface area contributed by atoms with Crippen LogP contribution < -0.4 is 10.2 Å². The van der Waals surface area contributed by atoms with Crippen molar-refractivity contribution in [2.45, 2.75) is 44.7 Å². The Balaban J connectivity index is 1.68. The summed E-state index contributed by atoms with van der Waals surface area (Å²) in [6.07, 6.45) is 7.07. The second kappa shape index (κ2) is 4.74. The van der Waals surface area contributed by atoms with Gasteiger partial charge in [-0.1, -0.05) is 6.07 Å². The lowest BCUT2D eigenvalue weighted by Crippen LogP contribution is -2.44. The SMILES string of the molecule is Cc1cccn2nc(N3CCCC3C3CCCN3)nc12. The largest absolute Gasteiger partial charge is 0.335 e. The fraction of sp³-hybridized carbons (Fsp3) is 0.600. The van der Waals surface area contributed by atoms with E-state index in [1.54, 1.807) is 0 Å². The minimum Gasteiger partial charge on any atom is -0.335 e. The van der Waals surface area contributed by atoms with Crippen molar-refractivity contribution in [2.75, 3.05) is 18.0 Å². The Kier molecular flexibility index (Phi) is 2.88. The summed E-state index contributed by atoms with van der Waals surface area (Å²) in [6.45, 7) is 4.33. The molecule has 2 unspecified atom stereocenters. The van der Waals surface area contributed by atoms with Crippen LogP contribution in [0.2, 0.25) is 0 Å². The topological polar surface area (TPSA) is 45.5 Å². The van der Waals surface area contributed by atoms with E-state index >= 15 is 0 Å². The van der Waals surface area contributed by atoms with Gasteiger partial charge in [0.15, 0.2) is 5.65 Å². The zero-order chi connectivity index (χ0) is 13.5. The van der Waals surface area contributed by atoms with Crippen molar-refractivity contribution in [3.8, 4) is 0 Å². The van der Waals surface area contributed by atoms with Gasteiger partial charge < -0.3 is 10.2 Å². The molecule has 4 rings (SSSR count). The van der Waals surface area contributed by atoms with Gasteiger partial charge in [0.25, 0.3) is 0 Å². The van der Waals surface area contributed by atoms with E-state index in [4.69, 9.17) is 4.98 Å². The summed E-state index contributed by atoms with van der Waals surface area (Å²) < 4.78 is 1.90. The number of hydrogen-bond donors (Lipinski definition) is 1. The molecule has 1 N–H and O–H groups in total. The van der Waals surface area contributed by atoms with Crippen molar-refractivity contribution in [2.24, 2.45) is 0 Å². The highest BCUT2D eigenvalue weighted by molar-refractivity contribution is 5.51. The van der Waals surface area contributed by atoms with Crippen LogP contribution in [0.3, 0.4) is 0 Å². The summed E-state index contributed by atoms with van der Waals surface area (Å²) in [6, 6.07) is 5.30. The van der Waals surface area contributed by atoms with Gasteiger partial charge in [-0.15, -0.1) is 5.10 Å². The predicted molar refractivity (Wildman–Crippen MR) is 79.1 cm³/mol. The fourth-order valence-corrected chi connectivity index (χ4v) is 3.65. The van der Waals surface area contributed by atoms with Gasteiger partial charge in [-0.3, -0.25) is 0 Å². The second-order valence-electron chi connectivity index (χ2n) is 5.98. The van der Waals surface area contributed by atoms with Gasteiger partial charge in [0, 0.05) is 24.8 Å². The molecule has 0 bridgehead atoms. The Morgan fingerprint density at radius 2 is 2.25 bits per heavy atom. The highest BCUT2D eigenvalue weighted by atomic mass is 15.4. The molecule has 2 fully saturated rings. The van der Waals surface area contributed by atoms with E-state index in [2.05, 4.69) is 28.3 Å². The fourth-order valence-electron chi connectivity index (χ4n) is 3.65. The smallest absolute Gasteiger partial charge is 0.245 e. The van der Waals surface area contributed by atoms with Gasteiger partial charge >= 0.3 is 0 Å². The quantitative estimate of drug-likeness (QED) is 0.904. The van der Waals surface area contributed by atoms with Crippen LogP contribution in [0.25, 0.3) is 5.65 Å². The third-order valence-corrected chi connectivity index (χ3v) is 4.67. The third-order valence-electron chi connectivity index (χ3n) is 4.67. The molecule has 2 saturated heterocycles. The van der Waals surface area contributed by atoms with Crippen LogP contribution in [0.5, 0.6) is 0 Å². The highest BCUT2D eigenvalue weighted by Gasteiger charge is 2.35. The maximum Gasteiger partial charge on any atom is 0.245 e. The van der Waals surface area contributed by atoms with Crippen molar-refractivity contribution in [1.29, 1.82) is 0 Å². The first kappa shape index (κ1) is 12.1. The molecule has 2 aromatic rings. The van der Waals surface area contributed by atoms with E-state index < -0.39 is 0 Å². The molecule has 0 amide bonds. The molecule has 2 aliphatic heterocycles. The average molecular weight is 271 g/mol. The lowest BCUT2D eigenvalue weighted by molar-refractivity contribution is 0.479. The minimum atomic E-state index is 0.565. The zero-order valence-corrected chi connectivity index (χ0v) is 11.9. The molecular formula is C15H21N5. The molecule has 2 aromatic heterocycles. The highest BCUT2D eigenvalue weighted by Crippen LogP contribution is 2.28. The first-order chi connectivity index (χ1) is 9.83. The number of pyridine rings is 1. The van der Waals surface area contributed by atoms with Crippen LogP contribution in [0.4, 0.5) is 5.95 Å². The Hall–Kier alpha value is -1.62. The summed E-state index contributed by atoms with van der Waals surface area (Å²) in [7, 11) is 0. The van der Waals surface area contributed by atoms with Crippen molar-refractivity contribution >= 4 is 11.6 Å². The monoisotopic (exact) mass is 271 g/mol. The Labute approximate surface area is 119 Å². The van der Waals surface area contributed by atoms with Gasteiger partial charge in [-0.25, -0.2) is 4.52 Å².